The van der Waals surface area contributed by atoms with Crippen LogP contribution in [0.3, 0.4) is 0 Å². The van der Waals surface area contributed by atoms with Crippen molar-refractivity contribution in [2.24, 2.45) is 0 Å². The Balaban J connectivity index is 2.52. The highest BCUT2D eigenvalue weighted by Gasteiger charge is 2.30. The van der Waals surface area contributed by atoms with Crippen LogP contribution in [-0.2, 0) is 6.18 Å². The molecule has 0 fully saturated rings. The fourth-order valence-electron chi connectivity index (χ4n) is 1.80. The van der Waals surface area contributed by atoms with Crippen LogP contribution < -0.4 is 5.73 Å². The van der Waals surface area contributed by atoms with Crippen molar-refractivity contribution in [3.63, 3.8) is 0 Å². The molecule has 2 rings (SSSR count). The molecule has 0 radical (unpaired) electrons. The van der Waals surface area contributed by atoms with Gasteiger partial charge in [-0.25, -0.2) is 4.79 Å². The minimum absolute atomic E-state index is 0.0632. The summed E-state index contributed by atoms with van der Waals surface area (Å²) in [5, 5.41) is 8.96. The molecule has 3 nitrogen and oxygen atoms in total. The van der Waals surface area contributed by atoms with E-state index in [1.807, 2.05) is 0 Å². The minimum Gasteiger partial charge on any atom is -0.478 e. The number of carboxylic acid groups (broad SMARTS) is 1. The third kappa shape index (κ3) is 2.74. The maximum Gasteiger partial charge on any atom is 0.416 e. The summed E-state index contributed by atoms with van der Waals surface area (Å²) in [4.78, 5) is 11.0. The molecule has 0 unspecified atom stereocenters. The summed E-state index contributed by atoms with van der Waals surface area (Å²) in [6, 6.07) is 8.78. The number of hydrogen-bond acceptors (Lipinski definition) is 2. The van der Waals surface area contributed by atoms with Crippen molar-refractivity contribution in [1.29, 1.82) is 0 Å². The van der Waals surface area contributed by atoms with Gasteiger partial charge in [0.1, 0.15) is 0 Å². The summed E-state index contributed by atoms with van der Waals surface area (Å²) in [5.74, 6) is -1.23. The Morgan fingerprint density at radius 3 is 2.30 bits per heavy atom. The molecule has 2 aromatic rings. The van der Waals surface area contributed by atoms with Gasteiger partial charge in [-0.1, -0.05) is 18.2 Å². The van der Waals surface area contributed by atoms with Gasteiger partial charge in [-0.15, -0.1) is 0 Å². The molecule has 0 aliphatic heterocycles. The van der Waals surface area contributed by atoms with Crippen molar-refractivity contribution < 1.29 is 23.1 Å². The Morgan fingerprint density at radius 2 is 1.70 bits per heavy atom. The molecule has 0 spiro atoms. The van der Waals surface area contributed by atoms with Crippen molar-refractivity contribution in [1.82, 2.24) is 0 Å². The molecule has 3 N–H and O–H groups in total. The van der Waals surface area contributed by atoms with Gasteiger partial charge in [0.2, 0.25) is 0 Å². The number of anilines is 1. The van der Waals surface area contributed by atoms with E-state index in [0.29, 0.717) is 5.56 Å². The Morgan fingerprint density at radius 1 is 1.05 bits per heavy atom. The lowest BCUT2D eigenvalue weighted by Gasteiger charge is -2.10. The second-order valence-electron chi connectivity index (χ2n) is 4.19. The quantitative estimate of drug-likeness (QED) is 0.826. The predicted octanol–water partition coefficient (Wildman–Crippen LogP) is 3.65. The van der Waals surface area contributed by atoms with E-state index in [-0.39, 0.29) is 16.8 Å². The Labute approximate surface area is 112 Å². The van der Waals surface area contributed by atoms with E-state index in [1.54, 1.807) is 0 Å². The van der Waals surface area contributed by atoms with Gasteiger partial charge in [-0.05, 0) is 35.4 Å². The molecule has 0 aliphatic rings. The Bertz CT molecular complexity index is 666. The SMILES string of the molecule is Nc1ccc(-c2cccc(C(F)(F)F)c2)cc1C(=O)O. The summed E-state index contributed by atoms with van der Waals surface area (Å²) in [6.45, 7) is 0. The number of carbonyl (C=O) groups is 1. The molecule has 0 heterocycles. The van der Waals surface area contributed by atoms with E-state index in [1.165, 1.54) is 30.3 Å². The number of carboxylic acids is 1. The zero-order valence-corrected chi connectivity index (χ0v) is 10.1. The van der Waals surface area contributed by atoms with Crippen LogP contribution in [-0.4, -0.2) is 11.1 Å². The van der Waals surface area contributed by atoms with Crippen LogP contribution in [0.2, 0.25) is 0 Å². The summed E-state index contributed by atoms with van der Waals surface area (Å²) in [7, 11) is 0. The molecule has 20 heavy (non-hydrogen) atoms. The summed E-state index contributed by atoms with van der Waals surface area (Å²) < 4.78 is 37.9. The van der Waals surface area contributed by atoms with Crippen LogP contribution in [0.4, 0.5) is 18.9 Å². The molecular formula is C14H10F3NO2. The van der Waals surface area contributed by atoms with Gasteiger partial charge in [0.15, 0.2) is 0 Å². The lowest BCUT2D eigenvalue weighted by atomic mass is 10.00. The fourth-order valence-corrected chi connectivity index (χ4v) is 1.80. The molecule has 0 saturated carbocycles. The van der Waals surface area contributed by atoms with Crippen LogP contribution in [0, 0.1) is 0 Å². The third-order valence-electron chi connectivity index (χ3n) is 2.81. The van der Waals surface area contributed by atoms with Gasteiger partial charge < -0.3 is 10.8 Å². The zero-order chi connectivity index (χ0) is 14.9. The minimum atomic E-state index is -4.44. The molecule has 0 aromatic heterocycles. The van der Waals surface area contributed by atoms with Crippen LogP contribution in [0.15, 0.2) is 42.5 Å². The van der Waals surface area contributed by atoms with Gasteiger partial charge in [0.25, 0.3) is 0 Å². The number of nitrogens with two attached hydrogens (primary N) is 1. The average Bonchev–Trinajstić information content (AvgIpc) is 2.38. The lowest BCUT2D eigenvalue weighted by Crippen LogP contribution is -2.05. The summed E-state index contributed by atoms with van der Waals surface area (Å²) in [5.41, 5.74) is 5.29. The van der Waals surface area contributed by atoms with Gasteiger partial charge in [-0.2, -0.15) is 13.2 Å². The van der Waals surface area contributed by atoms with Crippen LogP contribution in [0.25, 0.3) is 11.1 Å². The molecule has 0 amide bonds. The second kappa shape index (κ2) is 4.88. The van der Waals surface area contributed by atoms with Gasteiger partial charge in [0.05, 0.1) is 11.1 Å². The zero-order valence-electron chi connectivity index (χ0n) is 10.1. The van der Waals surface area contributed by atoms with Crippen LogP contribution >= 0.6 is 0 Å². The highest BCUT2D eigenvalue weighted by Crippen LogP contribution is 2.32. The largest absolute Gasteiger partial charge is 0.478 e. The van der Waals surface area contributed by atoms with E-state index in [9.17, 15) is 18.0 Å². The van der Waals surface area contributed by atoms with Crippen molar-refractivity contribution in [3.8, 4) is 11.1 Å². The van der Waals surface area contributed by atoms with Crippen LogP contribution in [0.1, 0.15) is 15.9 Å². The van der Waals surface area contributed by atoms with E-state index in [2.05, 4.69) is 0 Å². The van der Waals surface area contributed by atoms with E-state index >= 15 is 0 Å². The standard InChI is InChI=1S/C14H10F3NO2/c15-14(16,17)10-3-1-2-8(6-10)9-4-5-12(18)11(7-9)13(19)20/h1-7H,18H2,(H,19,20). The smallest absolute Gasteiger partial charge is 0.416 e. The number of alkyl halides is 3. The normalized spacial score (nSPS) is 11.3. The molecule has 0 aliphatic carbocycles. The fraction of sp³-hybridized carbons (Fsp3) is 0.0714. The highest BCUT2D eigenvalue weighted by atomic mass is 19.4. The number of halogens is 3. The van der Waals surface area contributed by atoms with Gasteiger partial charge in [-0.3, -0.25) is 0 Å². The molecule has 104 valence electrons. The number of rotatable bonds is 2. The van der Waals surface area contributed by atoms with E-state index in [4.69, 9.17) is 10.8 Å². The average molecular weight is 281 g/mol. The van der Waals surface area contributed by atoms with Crippen molar-refractivity contribution in [2.45, 2.75) is 6.18 Å². The molecule has 6 heteroatoms. The van der Waals surface area contributed by atoms with E-state index < -0.39 is 17.7 Å². The monoisotopic (exact) mass is 281 g/mol. The summed E-state index contributed by atoms with van der Waals surface area (Å²) >= 11 is 0. The number of nitrogen functional groups attached to an aromatic ring is 1. The highest BCUT2D eigenvalue weighted by molar-refractivity contribution is 5.95. The third-order valence-corrected chi connectivity index (χ3v) is 2.81. The summed E-state index contributed by atoms with van der Waals surface area (Å²) in [6.07, 6.45) is -4.44. The molecule has 0 bridgehead atoms. The van der Waals surface area contributed by atoms with E-state index in [0.717, 1.165) is 12.1 Å². The molecule has 0 saturated heterocycles. The maximum absolute atomic E-state index is 12.6. The van der Waals surface area contributed by atoms with Gasteiger partial charge >= 0.3 is 12.1 Å². The first kappa shape index (κ1) is 13.9. The number of benzene rings is 2. The van der Waals surface area contributed by atoms with Crippen molar-refractivity contribution >= 4 is 11.7 Å². The molecule has 0 atom stereocenters. The van der Waals surface area contributed by atoms with Crippen molar-refractivity contribution in [3.05, 3.63) is 53.6 Å². The Hall–Kier alpha value is -2.50. The van der Waals surface area contributed by atoms with Gasteiger partial charge in [0, 0.05) is 5.69 Å². The molecular weight excluding hydrogens is 271 g/mol. The van der Waals surface area contributed by atoms with Crippen molar-refractivity contribution in [2.75, 3.05) is 5.73 Å². The Kier molecular flexibility index (Phi) is 3.40. The molecule has 2 aromatic carbocycles. The first-order valence-electron chi connectivity index (χ1n) is 5.59. The maximum atomic E-state index is 12.6. The first-order valence-corrected chi connectivity index (χ1v) is 5.59. The lowest BCUT2D eigenvalue weighted by molar-refractivity contribution is -0.137. The predicted molar refractivity (Wildman–Crippen MR) is 68.3 cm³/mol. The second-order valence-corrected chi connectivity index (χ2v) is 4.19. The first-order chi connectivity index (χ1) is 9.29. The number of hydrogen-bond donors (Lipinski definition) is 2. The topological polar surface area (TPSA) is 63.3 Å². The number of aromatic carboxylic acids is 1. The van der Waals surface area contributed by atoms with Crippen LogP contribution in [0.5, 0.6) is 0 Å².